The maximum absolute atomic E-state index is 5.10. The van der Waals surface area contributed by atoms with E-state index in [1.807, 2.05) is 12.1 Å². The van der Waals surface area contributed by atoms with Crippen molar-refractivity contribution < 1.29 is 29.6 Å². The van der Waals surface area contributed by atoms with Gasteiger partial charge in [0.15, 0.2) is 0 Å². The van der Waals surface area contributed by atoms with Crippen LogP contribution in [0, 0.1) is 0 Å². The van der Waals surface area contributed by atoms with Crippen LogP contribution in [0.4, 0.5) is 0 Å². The molecule has 0 saturated heterocycles. The van der Waals surface area contributed by atoms with Gasteiger partial charge < -0.3 is 12.6 Å². The summed E-state index contributed by atoms with van der Waals surface area (Å²) in [4.78, 5) is 0.952. The van der Waals surface area contributed by atoms with E-state index in [0.717, 1.165) is 4.90 Å². The van der Waals surface area contributed by atoms with Crippen molar-refractivity contribution >= 4 is 12.6 Å². The number of unbranched alkanes of at least 4 members (excludes halogenated alkanes) is 10. The summed E-state index contributed by atoms with van der Waals surface area (Å²) in [7, 11) is 0. The molecule has 1 rings (SSSR count). The van der Waals surface area contributed by atoms with Gasteiger partial charge in [0, 0.05) is 0 Å². The summed E-state index contributed by atoms with van der Waals surface area (Å²) in [5.41, 5.74) is 1.44. The minimum absolute atomic E-state index is 0. The van der Waals surface area contributed by atoms with Gasteiger partial charge in [-0.05, 0) is 18.4 Å². The molecule has 0 heterocycles. The normalized spacial score (nSPS) is 10.3. The van der Waals surface area contributed by atoms with Crippen LogP contribution in [0.1, 0.15) is 83.1 Å². The van der Waals surface area contributed by atoms with Crippen molar-refractivity contribution in [2.24, 2.45) is 0 Å². The molecule has 2 heteroatoms. The number of hydrogen-bond acceptors (Lipinski definition) is 1. The standard InChI is InChI=1S/C19H32S.Na/c1-2-3-4-5-6-7-8-9-10-11-12-13-18-14-16-19(20)17-15-18;/h14-17,20H,2-13H2,1H3;/q;+1/p-1. The van der Waals surface area contributed by atoms with Crippen molar-refractivity contribution in [3.05, 3.63) is 29.8 Å². The Morgan fingerprint density at radius 1 is 0.667 bits per heavy atom. The topological polar surface area (TPSA) is 0 Å². The Morgan fingerprint density at radius 3 is 1.57 bits per heavy atom. The van der Waals surface area contributed by atoms with E-state index in [9.17, 15) is 0 Å². The van der Waals surface area contributed by atoms with E-state index < -0.39 is 0 Å². The van der Waals surface area contributed by atoms with Crippen molar-refractivity contribution in [1.29, 1.82) is 0 Å². The zero-order valence-corrected chi connectivity index (χ0v) is 17.0. The van der Waals surface area contributed by atoms with Crippen molar-refractivity contribution in [2.45, 2.75) is 88.9 Å². The minimum atomic E-state index is 0. The van der Waals surface area contributed by atoms with Gasteiger partial charge in [-0.3, -0.25) is 0 Å². The first-order chi connectivity index (χ1) is 9.83. The summed E-state index contributed by atoms with van der Waals surface area (Å²) in [6.07, 6.45) is 16.8. The maximum atomic E-state index is 5.10. The predicted molar refractivity (Wildman–Crippen MR) is 92.2 cm³/mol. The molecule has 0 atom stereocenters. The van der Waals surface area contributed by atoms with Gasteiger partial charge in [-0.2, -0.15) is 4.90 Å². The summed E-state index contributed by atoms with van der Waals surface area (Å²) in [6.45, 7) is 2.28. The molecule has 0 N–H and O–H groups in total. The molecule has 114 valence electrons. The molecule has 21 heavy (non-hydrogen) atoms. The van der Waals surface area contributed by atoms with Crippen molar-refractivity contribution in [3.63, 3.8) is 0 Å². The van der Waals surface area contributed by atoms with E-state index in [1.165, 1.54) is 82.6 Å². The summed E-state index contributed by atoms with van der Waals surface area (Å²) < 4.78 is 0. The third-order valence-electron chi connectivity index (χ3n) is 3.99. The van der Waals surface area contributed by atoms with Gasteiger partial charge in [-0.25, -0.2) is 0 Å². The molecule has 0 unspecified atom stereocenters. The molecule has 0 amide bonds. The van der Waals surface area contributed by atoms with Crippen LogP contribution >= 0.6 is 0 Å². The zero-order chi connectivity index (χ0) is 14.5. The molecule has 0 saturated carbocycles. The van der Waals surface area contributed by atoms with Crippen LogP contribution in [0.3, 0.4) is 0 Å². The Kier molecular flexibility index (Phi) is 15.7. The monoisotopic (exact) mass is 314 g/mol. The fraction of sp³-hybridized carbons (Fsp3) is 0.684. The molecular formula is C19H31NaS. The Balaban J connectivity index is 0.00000400. The second-order valence-corrected chi connectivity index (χ2v) is 6.40. The van der Waals surface area contributed by atoms with E-state index in [1.54, 1.807) is 0 Å². The van der Waals surface area contributed by atoms with Crippen LogP contribution in [0.15, 0.2) is 29.2 Å². The Hall–Kier alpha value is 0.440. The minimum Gasteiger partial charge on any atom is -0.780 e. The van der Waals surface area contributed by atoms with E-state index in [-0.39, 0.29) is 29.6 Å². The van der Waals surface area contributed by atoms with Crippen LogP contribution in [-0.4, -0.2) is 0 Å². The van der Waals surface area contributed by atoms with Gasteiger partial charge in [0.25, 0.3) is 0 Å². The number of aryl methyl sites for hydroxylation is 1. The first kappa shape index (κ1) is 21.4. The first-order valence-corrected chi connectivity index (χ1v) is 8.99. The number of benzene rings is 1. The average molecular weight is 315 g/mol. The molecule has 0 fully saturated rings. The predicted octanol–water partition coefficient (Wildman–Crippen LogP) is 3.45. The number of rotatable bonds is 12. The van der Waals surface area contributed by atoms with Gasteiger partial charge in [-0.15, -0.1) is 0 Å². The fourth-order valence-electron chi connectivity index (χ4n) is 2.65. The summed E-state index contributed by atoms with van der Waals surface area (Å²) >= 11 is 5.10. The quantitative estimate of drug-likeness (QED) is 0.323. The van der Waals surface area contributed by atoms with E-state index in [2.05, 4.69) is 19.1 Å². The Morgan fingerprint density at radius 2 is 1.10 bits per heavy atom. The van der Waals surface area contributed by atoms with E-state index in [4.69, 9.17) is 12.6 Å². The largest absolute Gasteiger partial charge is 1.00 e. The molecule has 0 aliphatic carbocycles. The molecule has 1 aromatic rings. The molecule has 0 aliphatic heterocycles. The molecule has 0 nitrogen and oxygen atoms in total. The Bertz CT molecular complexity index is 321. The van der Waals surface area contributed by atoms with Crippen molar-refractivity contribution in [3.8, 4) is 0 Å². The van der Waals surface area contributed by atoms with Gasteiger partial charge >= 0.3 is 29.6 Å². The van der Waals surface area contributed by atoms with E-state index in [0.29, 0.717) is 0 Å². The summed E-state index contributed by atoms with van der Waals surface area (Å²) in [6, 6.07) is 8.45. The molecule has 0 aliphatic rings. The zero-order valence-electron chi connectivity index (χ0n) is 14.2. The average Bonchev–Trinajstić information content (AvgIpc) is 2.47. The third kappa shape index (κ3) is 12.6. The summed E-state index contributed by atoms with van der Waals surface area (Å²) in [5, 5.41) is 0. The van der Waals surface area contributed by atoms with Gasteiger partial charge in [0.2, 0.25) is 0 Å². The maximum Gasteiger partial charge on any atom is 1.00 e. The second-order valence-electron chi connectivity index (χ2n) is 5.93. The van der Waals surface area contributed by atoms with Crippen LogP contribution in [0.5, 0.6) is 0 Å². The Labute approximate surface area is 160 Å². The van der Waals surface area contributed by atoms with Crippen LogP contribution in [-0.2, 0) is 19.0 Å². The molecular weight excluding hydrogens is 283 g/mol. The summed E-state index contributed by atoms with van der Waals surface area (Å²) in [5.74, 6) is 0. The van der Waals surface area contributed by atoms with Crippen LogP contribution in [0.25, 0.3) is 0 Å². The molecule has 0 radical (unpaired) electrons. The van der Waals surface area contributed by atoms with Crippen LogP contribution in [0.2, 0.25) is 0 Å². The molecule has 1 aromatic carbocycles. The van der Waals surface area contributed by atoms with Gasteiger partial charge in [-0.1, -0.05) is 95.4 Å². The smallest absolute Gasteiger partial charge is 0.780 e. The van der Waals surface area contributed by atoms with Gasteiger partial charge in [0.05, 0.1) is 0 Å². The molecule has 0 spiro atoms. The SMILES string of the molecule is CCCCCCCCCCCCCc1ccc([S-])cc1.[Na+]. The number of hydrogen-bond donors (Lipinski definition) is 0. The van der Waals surface area contributed by atoms with Crippen LogP contribution < -0.4 is 29.6 Å². The van der Waals surface area contributed by atoms with Crippen molar-refractivity contribution in [2.75, 3.05) is 0 Å². The van der Waals surface area contributed by atoms with Gasteiger partial charge in [0.1, 0.15) is 0 Å². The van der Waals surface area contributed by atoms with E-state index >= 15 is 0 Å². The molecule has 0 bridgehead atoms. The first-order valence-electron chi connectivity index (χ1n) is 8.59. The molecule has 0 aromatic heterocycles. The third-order valence-corrected chi connectivity index (χ3v) is 4.26. The fourth-order valence-corrected chi connectivity index (χ4v) is 2.79. The second kappa shape index (κ2) is 15.3. The van der Waals surface area contributed by atoms with Crippen molar-refractivity contribution in [1.82, 2.24) is 0 Å².